The minimum absolute atomic E-state index is 0.254. The third kappa shape index (κ3) is 7.03. The standard InChI is InChI=1S/C22H33N3O.C2H2O4/c26-22(24-12-4-5-13-24)20-9-6-14-25(18-20)21-10-15-23(16-11-21)17-19-7-2-1-3-8-19;3-1(4)2(5)6/h1-3,7-8,20-21H,4-6,9-18H2;(H,3,4)(H,5,6). The molecule has 0 bridgehead atoms. The van der Waals surface area contributed by atoms with E-state index in [2.05, 4.69) is 45.0 Å². The van der Waals surface area contributed by atoms with E-state index in [1.54, 1.807) is 0 Å². The number of carboxylic acids is 2. The molecule has 2 N–H and O–H groups in total. The third-order valence-corrected chi connectivity index (χ3v) is 6.73. The van der Waals surface area contributed by atoms with E-state index < -0.39 is 11.9 Å². The van der Waals surface area contributed by atoms with Crippen LogP contribution >= 0.6 is 0 Å². The van der Waals surface area contributed by atoms with Gasteiger partial charge in [0.25, 0.3) is 0 Å². The molecule has 4 rings (SSSR count). The highest BCUT2D eigenvalue weighted by atomic mass is 16.4. The number of carbonyl (C=O) groups is 3. The second-order valence-electron chi connectivity index (χ2n) is 8.97. The number of hydrogen-bond donors (Lipinski definition) is 2. The van der Waals surface area contributed by atoms with E-state index in [0.717, 1.165) is 32.6 Å². The van der Waals surface area contributed by atoms with Crippen LogP contribution in [-0.4, -0.2) is 88.1 Å². The van der Waals surface area contributed by atoms with Gasteiger partial charge < -0.3 is 15.1 Å². The second kappa shape index (κ2) is 12.0. The molecule has 0 radical (unpaired) electrons. The maximum atomic E-state index is 12.8. The van der Waals surface area contributed by atoms with Crippen molar-refractivity contribution >= 4 is 17.8 Å². The van der Waals surface area contributed by atoms with Crippen LogP contribution in [0.3, 0.4) is 0 Å². The predicted octanol–water partition coefficient (Wildman–Crippen LogP) is 2.14. The molecule has 3 saturated heterocycles. The molecule has 1 atom stereocenters. The van der Waals surface area contributed by atoms with Crippen molar-refractivity contribution in [3.63, 3.8) is 0 Å². The zero-order valence-electron chi connectivity index (χ0n) is 18.7. The largest absolute Gasteiger partial charge is 0.473 e. The fourth-order valence-corrected chi connectivity index (χ4v) is 5.02. The average Bonchev–Trinajstić information content (AvgIpc) is 3.35. The molecule has 1 unspecified atom stereocenters. The Morgan fingerprint density at radius 2 is 1.44 bits per heavy atom. The van der Waals surface area contributed by atoms with Crippen LogP contribution in [-0.2, 0) is 20.9 Å². The number of benzene rings is 1. The quantitative estimate of drug-likeness (QED) is 0.685. The summed E-state index contributed by atoms with van der Waals surface area (Å²) in [5.41, 5.74) is 1.42. The van der Waals surface area contributed by atoms with Gasteiger partial charge in [-0.15, -0.1) is 0 Å². The van der Waals surface area contributed by atoms with Gasteiger partial charge in [-0.1, -0.05) is 30.3 Å². The number of rotatable bonds is 4. The number of amides is 1. The van der Waals surface area contributed by atoms with Gasteiger partial charge in [0.2, 0.25) is 5.91 Å². The molecule has 1 aromatic carbocycles. The number of hydrogen-bond acceptors (Lipinski definition) is 5. The number of carboxylic acid groups (broad SMARTS) is 2. The first-order valence-corrected chi connectivity index (χ1v) is 11.7. The van der Waals surface area contributed by atoms with Crippen molar-refractivity contribution in [1.29, 1.82) is 0 Å². The van der Waals surface area contributed by atoms with Crippen molar-refractivity contribution in [2.75, 3.05) is 39.3 Å². The summed E-state index contributed by atoms with van der Waals surface area (Å²) in [6, 6.07) is 11.5. The average molecular weight is 446 g/mol. The van der Waals surface area contributed by atoms with Crippen LogP contribution < -0.4 is 0 Å². The molecule has 3 aliphatic heterocycles. The van der Waals surface area contributed by atoms with Gasteiger partial charge in [-0.3, -0.25) is 14.6 Å². The molecule has 8 nitrogen and oxygen atoms in total. The molecule has 8 heteroatoms. The molecular formula is C24H35N3O5. The van der Waals surface area contributed by atoms with Crippen LogP contribution in [0.25, 0.3) is 0 Å². The lowest BCUT2D eigenvalue weighted by Crippen LogP contribution is -2.51. The fraction of sp³-hybridized carbons (Fsp3) is 0.625. The van der Waals surface area contributed by atoms with Crippen molar-refractivity contribution in [2.45, 2.75) is 51.1 Å². The molecule has 0 aromatic heterocycles. The Morgan fingerprint density at radius 1 is 0.812 bits per heavy atom. The number of aliphatic carboxylic acids is 2. The fourth-order valence-electron chi connectivity index (χ4n) is 5.02. The van der Waals surface area contributed by atoms with Gasteiger partial charge in [-0.05, 0) is 63.7 Å². The molecule has 1 aromatic rings. The van der Waals surface area contributed by atoms with Crippen molar-refractivity contribution in [2.24, 2.45) is 5.92 Å². The van der Waals surface area contributed by atoms with Crippen LogP contribution in [0.1, 0.15) is 44.1 Å². The van der Waals surface area contributed by atoms with Crippen molar-refractivity contribution < 1.29 is 24.6 Å². The van der Waals surface area contributed by atoms with E-state index >= 15 is 0 Å². The molecule has 32 heavy (non-hydrogen) atoms. The monoisotopic (exact) mass is 445 g/mol. The van der Waals surface area contributed by atoms with Crippen LogP contribution in [0.5, 0.6) is 0 Å². The lowest BCUT2D eigenvalue weighted by atomic mass is 9.93. The van der Waals surface area contributed by atoms with E-state index in [1.807, 2.05) is 0 Å². The summed E-state index contributed by atoms with van der Waals surface area (Å²) in [5, 5.41) is 14.8. The van der Waals surface area contributed by atoms with Gasteiger partial charge in [-0.25, -0.2) is 9.59 Å². The highest BCUT2D eigenvalue weighted by molar-refractivity contribution is 6.27. The molecule has 3 aliphatic rings. The maximum absolute atomic E-state index is 12.8. The normalized spacial score (nSPS) is 22.8. The number of carbonyl (C=O) groups excluding carboxylic acids is 1. The van der Waals surface area contributed by atoms with Crippen molar-refractivity contribution in [3.05, 3.63) is 35.9 Å². The number of piperidine rings is 2. The molecule has 0 aliphatic carbocycles. The highest BCUT2D eigenvalue weighted by Gasteiger charge is 2.34. The minimum Gasteiger partial charge on any atom is -0.473 e. The first-order valence-electron chi connectivity index (χ1n) is 11.7. The van der Waals surface area contributed by atoms with Gasteiger partial charge in [0.15, 0.2) is 0 Å². The highest BCUT2D eigenvalue weighted by Crippen LogP contribution is 2.26. The van der Waals surface area contributed by atoms with Gasteiger partial charge in [-0.2, -0.15) is 0 Å². The van der Waals surface area contributed by atoms with E-state index in [-0.39, 0.29) is 5.92 Å². The molecule has 0 spiro atoms. The molecule has 3 fully saturated rings. The summed E-state index contributed by atoms with van der Waals surface area (Å²) in [6.45, 7) is 7.61. The summed E-state index contributed by atoms with van der Waals surface area (Å²) in [6.07, 6.45) is 7.17. The lowest BCUT2D eigenvalue weighted by Gasteiger charge is -2.42. The Balaban J connectivity index is 0.000000427. The molecular weight excluding hydrogens is 410 g/mol. The second-order valence-corrected chi connectivity index (χ2v) is 8.97. The zero-order valence-corrected chi connectivity index (χ0v) is 18.7. The van der Waals surface area contributed by atoms with Crippen molar-refractivity contribution in [3.8, 4) is 0 Å². The Labute approximate surface area is 189 Å². The number of nitrogens with zero attached hydrogens (tertiary/aromatic N) is 3. The van der Waals surface area contributed by atoms with E-state index in [4.69, 9.17) is 19.8 Å². The van der Waals surface area contributed by atoms with Gasteiger partial charge in [0, 0.05) is 32.2 Å². The lowest BCUT2D eigenvalue weighted by molar-refractivity contribution is -0.159. The van der Waals surface area contributed by atoms with Crippen LogP contribution in [0.2, 0.25) is 0 Å². The Bertz CT molecular complexity index is 746. The SMILES string of the molecule is O=C(C1CCCN(C2CCN(Cc3ccccc3)CC2)C1)N1CCCC1.O=C(O)C(=O)O. The summed E-state index contributed by atoms with van der Waals surface area (Å²) in [7, 11) is 0. The summed E-state index contributed by atoms with van der Waals surface area (Å²) < 4.78 is 0. The predicted molar refractivity (Wildman–Crippen MR) is 120 cm³/mol. The van der Waals surface area contributed by atoms with Gasteiger partial charge >= 0.3 is 11.9 Å². The van der Waals surface area contributed by atoms with E-state index in [0.29, 0.717) is 11.9 Å². The van der Waals surface area contributed by atoms with Gasteiger partial charge in [0.05, 0.1) is 5.92 Å². The van der Waals surface area contributed by atoms with Crippen LogP contribution in [0, 0.1) is 5.92 Å². The van der Waals surface area contributed by atoms with E-state index in [9.17, 15) is 4.79 Å². The summed E-state index contributed by atoms with van der Waals surface area (Å²) >= 11 is 0. The minimum atomic E-state index is -1.82. The van der Waals surface area contributed by atoms with Crippen LogP contribution in [0.15, 0.2) is 30.3 Å². The third-order valence-electron chi connectivity index (χ3n) is 6.73. The maximum Gasteiger partial charge on any atom is 0.414 e. The topological polar surface area (TPSA) is 101 Å². The molecule has 1 amide bonds. The molecule has 176 valence electrons. The van der Waals surface area contributed by atoms with Crippen LogP contribution in [0.4, 0.5) is 0 Å². The first-order chi connectivity index (χ1) is 15.4. The van der Waals surface area contributed by atoms with Gasteiger partial charge in [0.1, 0.15) is 0 Å². The Kier molecular flexibility index (Phi) is 9.05. The smallest absolute Gasteiger partial charge is 0.414 e. The number of likely N-dealkylation sites (tertiary alicyclic amines) is 3. The molecule has 0 saturated carbocycles. The van der Waals surface area contributed by atoms with Crippen molar-refractivity contribution in [1.82, 2.24) is 14.7 Å². The summed E-state index contributed by atoms with van der Waals surface area (Å²) in [4.78, 5) is 38.3. The molecule has 3 heterocycles. The first kappa shape index (κ1) is 24.2. The summed E-state index contributed by atoms with van der Waals surface area (Å²) in [5.74, 6) is -2.96. The Hall–Kier alpha value is -2.45. The Morgan fingerprint density at radius 3 is 2.03 bits per heavy atom. The zero-order chi connectivity index (χ0) is 22.9. The van der Waals surface area contributed by atoms with E-state index in [1.165, 1.54) is 57.3 Å².